The Morgan fingerprint density at radius 2 is 1.97 bits per heavy atom. The van der Waals surface area contributed by atoms with Gasteiger partial charge in [0.05, 0.1) is 4.92 Å². The molecule has 9 heteroatoms. The molecule has 29 heavy (non-hydrogen) atoms. The van der Waals surface area contributed by atoms with Gasteiger partial charge >= 0.3 is 0 Å². The number of nitro benzene ring substituents is 1. The van der Waals surface area contributed by atoms with Crippen molar-refractivity contribution in [2.24, 2.45) is 0 Å². The van der Waals surface area contributed by atoms with Gasteiger partial charge in [-0.05, 0) is 12.1 Å². The third kappa shape index (κ3) is 3.95. The van der Waals surface area contributed by atoms with Gasteiger partial charge in [-0.1, -0.05) is 48.2 Å². The molecule has 0 spiro atoms. The lowest BCUT2D eigenvalue weighted by Gasteiger charge is -2.26. The minimum Gasteiger partial charge on any atom is -0.485 e. The van der Waals surface area contributed by atoms with Gasteiger partial charge in [0.2, 0.25) is 0 Å². The van der Waals surface area contributed by atoms with Crippen LogP contribution < -0.4 is 9.47 Å². The predicted molar refractivity (Wildman–Crippen MR) is 108 cm³/mol. The second kappa shape index (κ2) is 8.36. The second-order valence-corrected chi connectivity index (χ2v) is 7.22. The van der Waals surface area contributed by atoms with Gasteiger partial charge in [-0.25, -0.2) is 0 Å². The highest BCUT2D eigenvalue weighted by Crippen LogP contribution is 2.36. The number of rotatable bonds is 7. The van der Waals surface area contributed by atoms with Crippen LogP contribution in [0, 0.1) is 10.1 Å². The highest BCUT2D eigenvalue weighted by molar-refractivity contribution is 7.98. The van der Waals surface area contributed by atoms with Crippen LogP contribution in [0.15, 0.2) is 66.3 Å². The lowest BCUT2D eigenvalue weighted by atomic mass is 10.2. The van der Waals surface area contributed by atoms with Crippen molar-refractivity contribution >= 4 is 17.4 Å². The van der Waals surface area contributed by atoms with Crippen LogP contribution >= 0.6 is 11.8 Å². The van der Waals surface area contributed by atoms with E-state index in [1.54, 1.807) is 24.3 Å². The van der Waals surface area contributed by atoms with E-state index in [9.17, 15) is 10.1 Å². The lowest BCUT2D eigenvalue weighted by Crippen LogP contribution is -2.25. The molecule has 0 amide bonds. The number of para-hydroxylation sites is 3. The molecular weight excluding hydrogens is 392 g/mol. The topological polar surface area (TPSA) is 92.3 Å². The normalized spacial score (nSPS) is 15.1. The molecule has 4 rings (SSSR count). The number of thioether (sulfide) groups is 1. The molecule has 1 aromatic heterocycles. The first-order chi connectivity index (χ1) is 14.2. The van der Waals surface area contributed by atoms with Crippen molar-refractivity contribution in [3.05, 3.63) is 82.7 Å². The van der Waals surface area contributed by atoms with Crippen molar-refractivity contribution in [3.8, 4) is 11.5 Å². The van der Waals surface area contributed by atoms with Crippen molar-refractivity contribution in [1.29, 1.82) is 0 Å². The van der Waals surface area contributed by atoms with Crippen molar-refractivity contribution in [2.45, 2.75) is 23.6 Å². The number of fused-ring (bicyclic) bond motifs is 1. The summed E-state index contributed by atoms with van der Waals surface area (Å²) in [6, 6.07) is 14.2. The number of allylic oxidation sites excluding steroid dienone is 1. The van der Waals surface area contributed by atoms with Crippen LogP contribution in [0.2, 0.25) is 0 Å². The van der Waals surface area contributed by atoms with E-state index in [-0.39, 0.29) is 10.6 Å². The fourth-order valence-electron chi connectivity index (χ4n) is 3.05. The van der Waals surface area contributed by atoms with Crippen LogP contribution in [0.4, 0.5) is 5.69 Å². The van der Waals surface area contributed by atoms with Crippen LogP contribution in [-0.4, -0.2) is 26.3 Å². The summed E-state index contributed by atoms with van der Waals surface area (Å²) in [6.07, 6.45) is 1.34. The molecule has 0 N–H and O–H groups in total. The van der Waals surface area contributed by atoms with Crippen molar-refractivity contribution in [3.63, 3.8) is 0 Å². The molecule has 0 radical (unpaired) electrons. The summed E-state index contributed by atoms with van der Waals surface area (Å²) in [6.45, 7) is 4.62. The number of hydrogen-bond donors (Lipinski definition) is 0. The molecular formula is C20H18N4O4S. The van der Waals surface area contributed by atoms with E-state index in [0.29, 0.717) is 46.9 Å². The van der Waals surface area contributed by atoms with Crippen molar-refractivity contribution in [2.75, 3.05) is 6.61 Å². The van der Waals surface area contributed by atoms with Crippen molar-refractivity contribution in [1.82, 2.24) is 14.8 Å². The first-order valence-corrected chi connectivity index (χ1v) is 9.93. The molecule has 1 unspecified atom stereocenters. The van der Waals surface area contributed by atoms with Gasteiger partial charge in [0.1, 0.15) is 6.61 Å². The third-order valence-corrected chi connectivity index (χ3v) is 5.41. The predicted octanol–water partition coefficient (Wildman–Crippen LogP) is 4.18. The Kier molecular flexibility index (Phi) is 5.48. The summed E-state index contributed by atoms with van der Waals surface area (Å²) in [5.41, 5.74) is 0.721. The fourth-order valence-corrected chi connectivity index (χ4v) is 4.00. The van der Waals surface area contributed by atoms with E-state index < -0.39 is 6.10 Å². The monoisotopic (exact) mass is 410 g/mol. The summed E-state index contributed by atoms with van der Waals surface area (Å²) in [5.74, 6) is 2.39. The molecule has 1 aliphatic heterocycles. The van der Waals surface area contributed by atoms with Crippen LogP contribution in [0.25, 0.3) is 0 Å². The van der Waals surface area contributed by atoms with Gasteiger partial charge in [0.25, 0.3) is 5.69 Å². The van der Waals surface area contributed by atoms with E-state index in [0.717, 1.165) is 0 Å². The van der Waals surface area contributed by atoms with E-state index >= 15 is 0 Å². The van der Waals surface area contributed by atoms with Gasteiger partial charge < -0.3 is 9.47 Å². The van der Waals surface area contributed by atoms with Gasteiger partial charge in [-0.15, -0.1) is 16.8 Å². The molecule has 0 saturated heterocycles. The number of ether oxygens (including phenoxy) is 2. The number of nitrogens with zero attached hydrogens (tertiary/aromatic N) is 4. The minimum atomic E-state index is -0.405. The van der Waals surface area contributed by atoms with E-state index in [1.165, 1.54) is 17.8 Å². The third-order valence-electron chi connectivity index (χ3n) is 4.40. The Morgan fingerprint density at radius 1 is 1.21 bits per heavy atom. The van der Waals surface area contributed by atoms with Gasteiger partial charge in [-0.2, -0.15) is 0 Å². The zero-order valence-electron chi connectivity index (χ0n) is 15.4. The molecule has 0 bridgehead atoms. The summed E-state index contributed by atoms with van der Waals surface area (Å²) in [7, 11) is 0. The van der Waals surface area contributed by atoms with Gasteiger partial charge in [0.15, 0.2) is 28.6 Å². The SMILES string of the molecule is C=CCn1c(SCc2ccccc2[N+](=O)[O-])nnc1C1COc2ccccc2O1. The molecule has 2 heterocycles. The Balaban J connectivity index is 1.56. The molecule has 0 saturated carbocycles. The Morgan fingerprint density at radius 3 is 2.76 bits per heavy atom. The molecule has 1 aliphatic rings. The highest BCUT2D eigenvalue weighted by Gasteiger charge is 2.28. The molecule has 2 aromatic carbocycles. The zero-order valence-corrected chi connectivity index (χ0v) is 16.2. The maximum absolute atomic E-state index is 11.2. The smallest absolute Gasteiger partial charge is 0.273 e. The summed E-state index contributed by atoms with van der Waals surface area (Å²) >= 11 is 1.38. The average Bonchev–Trinajstić information content (AvgIpc) is 3.15. The van der Waals surface area contributed by atoms with Gasteiger partial charge in [0, 0.05) is 23.9 Å². The Bertz CT molecular complexity index is 1050. The van der Waals surface area contributed by atoms with E-state index in [1.807, 2.05) is 28.8 Å². The molecule has 8 nitrogen and oxygen atoms in total. The fraction of sp³-hybridized carbons (Fsp3) is 0.200. The number of nitro groups is 1. The maximum Gasteiger partial charge on any atom is 0.273 e. The standard InChI is InChI=1S/C20H18N4O4S/c1-2-11-23-19(18-12-27-16-9-5-6-10-17(16)28-18)21-22-20(23)29-13-14-7-3-4-8-15(14)24(25)26/h2-10,18H,1,11-13H2. The van der Waals surface area contributed by atoms with E-state index in [2.05, 4.69) is 16.8 Å². The van der Waals surface area contributed by atoms with Crippen LogP contribution in [0.5, 0.6) is 11.5 Å². The molecule has 0 fully saturated rings. The summed E-state index contributed by atoms with van der Waals surface area (Å²) < 4.78 is 13.7. The van der Waals surface area contributed by atoms with Crippen LogP contribution in [-0.2, 0) is 12.3 Å². The first kappa shape index (κ1) is 19.0. The quantitative estimate of drug-likeness (QED) is 0.250. The first-order valence-electron chi connectivity index (χ1n) is 8.95. The molecule has 1 atom stereocenters. The molecule has 148 valence electrons. The molecule has 3 aromatic rings. The van der Waals surface area contributed by atoms with Crippen molar-refractivity contribution < 1.29 is 14.4 Å². The second-order valence-electron chi connectivity index (χ2n) is 6.28. The summed E-state index contributed by atoms with van der Waals surface area (Å²) in [4.78, 5) is 10.9. The van der Waals surface area contributed by atoms with E-state index in [4.69, 9.17) is 9.47 Å². The largest absolute Gasteiger partial charge is 0.485 e. The molecule has 0 aliphatic carbocycles. The van der Waals surface area contributed by atoms with Crippen LogP contribution in [0.1, 0.15) is 17.5 Å². The lowest BCUT2D eigenvalue weighted by molar-refractivity contribution is -0.385. The Hall–Kier alpha value is -3.33. The number of aromatic nitrogens is 3. The van der Waals surface area contributed by atoms with Crippen LogP contribution in [0.3, 0.4) is 0 Å². The van der Waals surface area contributed by atoms with Gasteiger partial charge in [-0.3, -0.25) is 14.7 Å². The zero-order chi connectivity index (χ0) is 20.2. The highest BCUT2D eigenvalue weighted by atomic mass is 32.2. The maximum atomic E-state index is 11.2. The Labute approximate surface area is 171 Å². The average molecular weight is 410 g/mol. The number of hydrogen-bond acceptors (Lipinski definition) is 7. The minimum absolute atomic E-state index is 0.0932. The summed E-state index contributed by atoms with van der Waals surface area (Å²) in [5, 5.41) is 20.5. The number of benzene rings is 2.